The highest BCUT2D eigenvalue weighted by Crippen LogP contribution is 2.25. The third-order valence-electron chi connectivity index (χ3n) is 2.89. The van der Waals surface area contributed by atoms with E-state index in [9.17, 15) is 15.0 Å². The summed E-state index contributed by atoms with van der Waals surface area (Å²) in [5.74, 6) is -0.435. The molecule has 0 aliphatic heterocycles. The van der Waals surface area contributed by atoms with Gasteiger partial charge in [0.25, 0.3) is 5.91 Å². The molecule has 0 fully saturated rings. The van der Waals surface area contributed by atoms with Gasteiger partial charge in [-0.05, 0) is 35.9 Å². The summed E-state index contributed by atoms with van der Waals surface area (Å²) in [6.45, 7) is 0.477. The van der Waals surface area contributed by atoms with Crippen LogP contribution in [-0.4, -0.2) is 23.2 Å². The van der Waals surface area contributed by atoms with Gasteiger partial charge in [-0.1, -0.05) is 12.1 Å². The summed E-state index contributed by atoms with van der Waals surface area (Å²) in [6, 6.07) is 11.8. The van der Waals surface area contributed by atoms with Crippen LogP contribution in [0.1, 0.15) is 15.9 Å². The first kappa shape index (κ1) is 13.7. The molecule has 2 aromatic carbocycles. The van der Waals surface area contributed by atoms with Gasteiger partial charge in [-0.3, -0.25) is 4.79 Å². The average Bonchev–Trinajstić information content (AvgIpc) is 2.48. The fraction of sp³-hybridized carbons (Fsp3) is 0.133. The molecule has 5 nitrogen and oxygen atoms in total. The largest absolute Gasteiger partial charge is 0.504 e. The van der Waals surface area contributed by atoms with Crippen LogP contribution in [0.5, 0.6) is 11.5 Å². The molecule has 4 N–H and O–H groups in total. The number of amides is 1. The number of aromatic hydroxyl groups is 2. The number of carbonyl (C=O) groups excluding carboxylic acids is 1. The number of phenols is 2. The summed E-state index contributed by atoms with van der Waals surface area (Å²) < 4.78 is 0. The molecule has 0 saturated heterocycles. The topological polar surface area (TPSA) is 81.6 Å². The quantitative estimate of drug-likeness (QED) is 0.642. The molecule has 2 aromatic rings. The lowest BCUT2D eigenvalue weighted by Crippen LogP contribution is -2.17. The van der Waals surface area contributed by atoms with Crippen molar-refractivity contribution in [1.29, 1.82) is 0 Å². The third kappa shape index (κ3) is 3.20. The van der Waals surface area contributed by atoms with Crippen molar-refractivity contribution < 1.29 is 15.0 Å². The molecule has 0 radical (unpaired) electrons. The molecule has 0 atom stereocenters. The number of hydrogen-bond donors (Lipinski definition) is 4. The van der Waals surface area contributed by atoms with Crippen LogP contribution in [0.15, 0.2) is 42.5 Å². The molecule has 5 heteroatoms. The maximum atomic E-state index is 11.5. The van der Waals surface area contributed by atoms with Crippen molar-refractivity contribution in [3.63, 3.8) is 0 Å². The zero-order valence-corrected chi connectivity index (χ0v) is 11.1. The highest BCUT2D eigenvalue weighted by molar-refractivity contribution is 5.94. The number of hydrogen-bond acceptors (Lipinski definition) is 4. The van der Waals surface area contributed by atoms with Crippen molar-refractivity contribution in [2.45, 2.75) is 6.54 Å². The molecule has 1 amide bonds. The summed E-state index contributed by atoms with van der Waals surface area (Å²) in [6.07, 6.45) is 0. The summed E-state index contributed by atoms with van der Waals surface area (Å²) in [5.41, 5.74) is 2.20. The van der Waals surface area contributed by atoms with Gasteiger partial charge in [-0.25, -0.2) is 0 Å². The van der Waals surface area contributed by atoms with Crippen molar-refractivity contribution in [2.24, 2.45) is 0 Å². The van der Waals surface area contributed by atoms with Gasteiger partial charge in [0.15, 0.2) is 11.5 Å². The van der Waals surface area contributed by atoms with Gasteiger partial charge in [0.2, 0.25) is 0 Å². The van der Waals surface area contributed by atoms with Crippen molar-refractivity contribution in [3.05, 3.63) is 53.6 Å². The van der Waals surface area contributed by atoms with Crippen LogP contribution in [0.3, 0.4) is 0 Å². The van der Waals surface area contributed by atoms with Gasteiger partial charge < -0.3 is 20.8 Å². The van der Waals surface area contributed by atoms with E-state index in [1.165, 1.54) is 12.1 Å². The molecule has 0 aromatic heterocycles. The minimum atomic E-state index is -0.150. The molecule has 104 valence electrons. The van der Waals surface area contributed by atoms with Gasteiger partial charge in [-0.2, -0.15) is 0 Å². The fourth-order valence-electron chi connectivity index (χ4n) is 1.80. The van der Waals surface area contributed by atoms with E-state index in [4.69, 9.17) is 0 Å². The van der Waals surface area contributed by atoms with E-state index in [1.54, 1.807) is 31.3 Å². The van der Waals surface area contributed by atoms with Crippen LogP contribution in [0.4, 0.5) is 5.69 Å². The second kappa shape index (κ2) is 5.97. The van der Waals surface area contributed by atoms with Gasteiger partial charge >= 0.3 is 0 Å². The van der Waals surface area contributed by atoms with Crippen LogP contribution < -0.4 is 10.6 Å². The lowest BCUT2D eigenvalue weighted by atomic mass is 10.1. The van der Waals surface area contributed by atoms with Crippen LogP contribution in [0.2, 0.25) is 0 Å². The fourth-order valence-corrected chi connectivity index (χ4v) is 1.80. The van der Waals surface area contributed by atoms with E-state index in [0.29, 0.717) is 12.1 Å². The maximum Gasteiger partial charge on any atom is 0.251 e. The molecule has 0 heterocycles. The first-order valence-electron chi connectivity index (χ1n) is 6.17. The van der Waals surface area contributed by atoms with Gasteiger partial charge in [-0.15, -0.1) is 0 Å². The Morgan fingerprint density at radius 3 is 2.60 bits per heavy atom. The highest BCUT2D eigenvalue weighted by Gasteiger charge is 2.04. The van der Waals surface area contributed by atoms with Crippen molar-refractivity contribution >= 4 is 11.6 Å². The normalized spacial score (nSPS) is 10.1. The molecule has 0 saturated carbocycles. The molecular weight excluding hydrogens is 256 g/mol. The summed E-state index contributed by atoms with van der Waals surface area (Å²) >= 11 is 0. The van der Waals surface area contributed by atoms with Crippen LogP contribution in [0, 0.1) is 0 Å². The number of phenolic OH excluding ortho intramolecular Hbond substituents is 2. The Morgan fingerprint density at radius 1 is 1.10 bits per heavy atom. The first-order valence-corrected chi connectivity index (χ1v) is 6.17. The Bertz CT molecular complexity index is 626. The van der Waals surface area contributed by atoms with Crippen LogP contribution >= 0.6 is 0 Å². The van der Waals surface area contributed by atoms with Gasteiger partial charge in [0.05, 0.1) is 0 Å². The molecule has 0 unspecified atom stereocenters. The van der Waals surface area contributed by atoms with E-state index in [0.717, 1.165) is 11.3 Å². The molecular formula is C15H16N2O3. The van der Waals surface area contributed by atoms with Gasteiger partial charge in [0.1, 0.15) is 0 Å². The van der Waals surface area contributed by atoms with Crippen molar-refractivity contribution in [2.75, 3.05) is 12.4 Å². The summed E-state index contributed by atoms with van der Waals surface area (Å²) in [7, 11) is 1.58. The second-order valence-corrected chi connectivity index (χ2v) is 4.34. The number of benzene rings is 2. The maximum absolute atomic E-state index is 11.5. The minimum absolute atomic E-state index is 0.143. The van der Waals surface area contributed by atoms with E-state index in [-0.39, 0.29) is 17.4 Å². The van der Waals surface area contributed by atoms with E-state index in [2.05, 4.69) is 10.6 Å². The van der Waals surface area contributed by atoms with Crippen molar-refractivity contribution in [1.82, 2.24) is 5.32 Å². The Hall–Kier alpha value is -2.69. The Morgan fingerprint density at radius 2 is 1.90 bits per heavy atom. The number of anilines is 1. The van der Waals surface area contributed by atoms with E-state index < -0.39 is 0 Å². The molecule has 0 bridgehead atoms. The predicted molar refractivity (Wildman–Crippen MR) is 76.9 cm³/mol. The van der Waals surface area contributed by atoms with E-state index >= 15 is 0 Å². The number of nitrogens with one attached hydrogen (secondary N) is 2. The lowest BCUT2D eigenvalue weighted by Gasteiger charge is -2.09. The number of carbonyl (C=O) groups is 1. The summed E-state index contributed by atoms with van der Waals surface area (Å²) in [5, 5.41) is 24.4. The lowest BCUT2D eigenvalue weighted by molar-refractivity contribution is 0.0963. The molecule has 0 aliphatic carbocycles. The van der Waals surface area contributed by atoms with Gasteiger partial charge in [0, 0.05) is 24.8 Å². The molecule has 2 rings (SSSR count). The smallest absolute Gasteiger partial charge is 0.251 e. The zero-order valence-electron chi connectivity index (χ0n) is 11.1. The Balaban J connectivity index is 2.07. The zero-order chi connectivity index (χ0) is 14.5. The van der Waals surface area contributed by atoms with Crippen LogP contribution in [-0.2, 0) is 6.54 Å². The second-order valence-electron chi connectivity index (χ2n) is 4.34. The molecule has 20 heavy (non-hydrogen) atoms. The monoisotopic (exact) mass is 272 g/mol. The molecule has 0 aliphatic rings. The van der Waals surface area contributed by atoms with Crippen LogP contribution in [0.25, 0.3) is 0 Å². The first-order chi connectivity index (χ1) is 9.60. The molecule has 0 spiro atoms. The van der Waals surface area contributed by atoms with Crippen molar-refractivity contribution in [3.8, 4) is 11.5 Å². The average molecular weight is 272 g/mol. The number of rotatable bonds is 4. The third-order valence-corrected chi connectivity index (χ3v) is 2.89. The SMILES string of the molecule is CNC(=O)c1cccc(NCc2ccc(O)c(O)c2)c1. The predicted octanol–water partition coefficient (Wildman–Crippen LogP) is 2.07. The van der Waals surface area contributed by atoms with E-state index in [1.807, 2.05) is 6.07 Å². The standard InChI is InChI=1S/C15H16N2O3/c1-16-15(20)11-3-2-4-12(8-11)17-9-10-5-6-13(18)14(19)7-10/h2-8,17-19H,9H2,1H3,(H,16,20). The highest BCUT2D eigenvalue weighted by atomic mass is 16.3. The summed E-state index contributed by atoms with van der Waals surface area (Å²) in [4.78, 5) is 11.5. The minimum Gasteiger partial charge on any atom is -0.504 e. The Kier molecular flexibility index (Phi) is 4.10. The Labute approximate surface area is 116 Å².